The minimum Gasteiger partial charge on any atom is -0.486 e. The summed E-state index contributed by atoms with van der Waals surface area (Å²) in [6.07, 6.45) is 3.87. The number of rotatable bonds is 4. The van der Waals surface area contributed by atoms with E-state index >= 15 is 0 Å². The maximum atomic E-state index is 12.7. The Balaban J connectivity index is 1.20. The van der Waals surface area contributed by atoms with Gasteiger partial charge in [0, 0.05) is 13.1 Å². The average molecular weight is 391 g/mol. The number of nitrogens with zero attached hydrogens (tertiary/aromatic N) is 3. The lowest BCUT2D eigenvalue weighted by Crippen LogP contribution is -2.36. The highest BCUT2D eigenvalue weighted by Crippen LogP contribution is 2.31. The SMILES string of the molecule is O=c1c2ccccc2ncn1CC1CCN(Cc2ccc3c(c2)OCCO3)CC1. The predicted molar refractivity (Wildman–Crippen MR) is 111 cm³/mol. The zero-order valence-corrected chi connectivity index (χ0v) is 16.4. The standard InChI is InChI=1S/C23H25N3O3/c27-23-19-3-1-2-4-20(19)24-16-26(23)15-17-7-9-25(10-8-17)14-18-5-6-21-22(13-18)29-12-11-28-21/h1-6,13,16-17H,7-12,14-15H2. The number of hydrogen-bond donors (Lipinski definition) is 0. The molecule has 0 bridgehead atoms. The number of fused-ring (bicyclic) bond motifs is 2. The minimum atomic E-state index is 0.0642. The second-order valence-corrected chi connectivity index (χ2v) is 7.92. The largest absolute Gasteiger partial charge is 0.486 e. The Bertz CT molecular complexity index is 1070. The second-order valence-electron chi connectivity index (χ2n) is 7.92. The van der Waals surface area contributed by atoms with Crippen LogP contribution < -0.4 is 15.0 Å². The maximum absolute atomic E-state index is 12.7. The Hall–Kier alpha value is -2.86. The van der Waals surface area contributed by atoms with Gasteiger partial charge in [-0.05, 0) is 61.7 Å². The first-order chi connectivity index (χ1) is 14.3. The van der Waals surface area contributed by atoms with Crippen LogP contribution in [0.2, 0.25) is 0 Å². The van der Waals surface area contributed by atoms with E-state index in [0.717, 1.165) is 56.0 Å². The molecule has 0 spiro atoms. The highest BCUT2D eigenvalue weighted by molar-refractivity contribution is 5.76. The Kier molecular flexibility index (Phi) is 4.94. The number of benzene rings is 2. The Morgan fingerprint density at radius 1 is 1.00 bits per heavy atom. The van der Waals surface area contributed by atoms with E-state index in [9.17, 15) is 4.79 Å². The molecule has 1 aromatic heterocycles. The minimum absolute atomic E-state index is 0.0642. The molecule has 2 aromatic carbocycles. The molecule has 0 unspecified atom stereocenters. The summed E-state index contributed by atoms with van der Waals surface area (Å²) in [4.78, 5) is 19.6. The number of piperidine rings is 1. The van der Waals surface area contributed by atoms with Crippen molar-refractivity contribution in [3.8, 4) is 11.5 Å². The molecule has 1 saturated heterocycles. The first-order valence-electron chi connectivity index (χ1n) is 10.3. The van der Waals surface area contributed by atoms with Crippen molar-refractivity contribution in [2.24, 2.45) is 5.92 Å². The molecule has 2 aliphatic rings. The number of hydrogen-bond acceptors (Lipinski definition) is 5. The van der Waals surface area contributed by atoms with Gasteiger partial charge in [-0.2, -0.15) is 0 Å². The Morgan fingerprint density at radius 3 is 2.66 bits per heavy atom. The zero-order chi connectivity index (χ0) is 19.6. The summed E-state index contributed by atoms with van der Waals surface area (Å²) in [5, 5.41) is 0.700. The normalized spacial score (nSPS) is 17.5. The van der Waals surface area contributed by atoms with Crippen molar-refractivity contribution in [2.75, 3.05) is 26.3 Å². The fraction of sp³-hybridized carbons (Fsp3) is 0.391. The molecule has 0 atom stereocenters. The molecule has 3 heterocycles. The topological polar surface area (TPSA) is 56.6 Å². The molecule has 0 saturated carbocycles. The van der Waals surface area contributed by atoms with Crippen molar-refractivity contribution in [3.63, 3.8) is 0 Å². The van der Waals surface area contributed by atoms with Crippen molar-refractivity contribution < 1.29 is 9.47 Å². The fourth-order valence-corrected chi connectivity index (χ4v) is 4.29. The smallest absolute Gasteiger partial charge is 0.261 e. The summed E-state index contributed by atoms with van der Waals surface area (Å²) in [7, 11) is 0. The van der Waals surface area contributed by atoms with Crippen molar-refractivity contribution in [3.05, 3.63) is 64.7 Å². The highest BCUT2D eigenvalue weighted by atomic mass is 16.6. The van der Waals surface area contributed by atoms with Crippen LogP contribution in [0.15, 0.2) is 53.6 Å². The van der Waals surface area contributed by atoms with E-state index in [4.69, 9.17) is 9.47 Å². The summed E-state index contributed by atoms with van der Waals surface area (Å²) < 4.78 is 13.1. The van der Waals surface area contributed by atoms with Gasteiger partial charge in [0.2, 0.25) is 0 Å². The number of para-hydroxylation sites is 1. The third kappa shape index (κ3) is 3.85. The zero-order valence-electron chi connectivity index (χ0n) is 16.4. The first kappa shape index (κ1) is 18.2. The number of likely N-dealkylation sites (tertiary alicyclic amines) is 1. The van der Waals surface area contributed by atoms with Crippen LogP contribution in [0.3, 0.4) is 0 Å². The van der Waals surface area contributed by atoms with E-state index in [2.05, 4.69) is 22.0 Å². The maximum Gasteiger partial charge on any atom is 0.261 e. The van der Waals surface area contributed by atoms with Crippen molar-refractivity contribution in [2.45, 2.75) is 25.9 Å². The highest BCUT2D eigenvalue weighted by Gasteiger charge is 2.21. The molecule has 2 aliphatic heterocycles. The van der Waals surface area contributed by atoms with E-state index in [-0.39, 0.29) is 5.56 Å². The van der Waals surface area contributed by atoms with Crippen LogP contribution in [-0.4, -0.2) is 40.8 Å². The van der Waals surface area contributed by atoms with Gasteiger partial charge in [-0.3, -0.25) is 14.3 Å². The van der Waals surface area contributed by atoms with Crippen LogP contribution in [-0.2, 0) is 13.1 Å². The number of ether oxygens (including phenoxy) is 2. The van der Waals surface area contributed by atoms with E-state index in [1.54, 1.807) is 10.9 Å². The van der Waals surface area contributed by atoms with Crippen LogP contribution >= 0.6 is 0 Å². The molecule has 3 aromatic rings. The van der Waals surface area contributed by atoms with E-state index in [1.165, 1.54) is 5.56 Å². The van der Waals surface area contributed by atoms with E-state index in [1.807, 2.05) is 30.3 Å². The molecule has 0 radical (unpaired) electrons. The van der Waals surface area contributed by atoms with E-state index in [0.29, 0.717) is 24.5 Å². The molecular weight excluding hydrogens is 366 g/mol. The van der Waals surface area contributed by atoms with Crippen LogP contribution in [0.25, 0.3) is 10.9 Å². The molecule has 5 rings (SSSR count). The summed E-state index contributed by atoms with van der Waals surface area (Å²) >= 11 is 0. The first-order valence-corrected chi connectivity index (χ1v) is 10.3. The quantitative estimate of drug-likeness (QED) is 0.684. The average Bonchev–Trinajstić information content (AvgIpc) is 2.77. The third-order valence-corrected chi connectivity index (χ3v) is 5.91. The van der Waals surface area contributed by atoms with Gasteiger partial charge in [0.25, 0.3) is 5.56 Å². The summed E-state index contributed by atoms with van der Waals surface area (Å²) in [6, 6.07) is 13.8. The molecule has 0 N–H and O–H groups in total. The summed E-state index contributed by atoms with van der Waals surface area (Å²) in [5.74, 6) is 2.20. The van der Waals surface area contributed by atoms with Gasteiger partial charge < -0.3 is 9.47 Å². The van der Waals surface area contributed by atoms with Gasteiger partial charge >= 0.3 is 0 Å². The van der Waals surface area contributed by atoms with E-state index < -0.39 is 0 Å². The molecule has 6 nitrogen and oxygen atoms in total. The molecule has 0 aliphatic carbocycles. The monoisotopic (exact) mass is 391 g/mol. The summed E-state index contributed by atoms with van der Waals surface area (Å²) in [5.41, 5.74) is 2.08. The van der Waals surface area contributed by atoms with Crippen molar-refractivity contribution in [1.82, 2.24) is 14.5 Å². The van der Waals surface area contributed by atoms with Crippen molar-refractivity contribution >= 4 is 10.9 Å². The molecule has 29 heavy (non-hydrogen) atoms. The van der Waals surface area contributed by atoms with Crippen LogP contribution in [0.1, 0.15) is 18.4 Å². The predicted octanol–water partition coefficient (Wildman–Crippen LogP) is 3.08. The van der Waals surface area contributed by atoms with Gasteiger partial charge in [-0.15, -0.1) is 0 Å². The van der Waals surface area contributed by atoms with Gasteiger partial charge in [-0.1, -0.05) is 18.2 Å². The van der Waals surface area contributed by atoms with Gasteiger partial charge in [0.15, 0.2) is 11.5 Å². The van der Waals surface area contributed by atoms with Crippen molar-refractivity contribution in [1.29, 1.82) is 0 Å². The molecular formula is C23H25N3O3. The van der Waals surface area contributed by atoms with Crippen LogP contribution in [0.4, 0.5) is 0 Å². The molecule has 6 heteroatoms. The lowest BCUT2D eigenvalue weighted by molar-refractivity contribution is 0.162. The Labute approximate surface area is 169 Å². The molecule has 0 amide bonds. The lowest BCUT2D eigenvalue weighted by Gasteiger charge is -2.32. The molecule has 150 valence electrons. The third-order valence-electron chi connectivity index (χ3n) is 5.91. The fourth-order valence-electron chi connectivity index (χ4n) is 4.29. The second kappa shape index (κ2) is 7.87. The Morgan fingerprint density at radius 2 is 1.79 bits per heavy atom. The van der Waals surface area contributed by atoms with Crippen LogP contribution in [0.5, 0.6) is 11.5 Å². The van der Waals surface area contributed by atoms with Gasteiger partial charge in [0.05, 0.1) is 17.2 Å². The number of aromatic nitrogens is 2. The summed E-state index contributed by atoms with van der Waals surface area (Å²) in [6.45, 7) is 4.97. The molecule has 1 fully saturated rings. The lowest BCUT2D eigenvalue weighted by atomic mass is 9.96. The van der Waals surface area contributed by atoms with Gasteiger partial charge in [0.1, 0.15) is 13.2 Å². The van der Waals surface area contributed by atoms with Gasteiger partial charge in [-0.25, -0.2) is 4.98 Å². The van der Waals surface area contributed by atoms with Crippen LogP contribution in [0, 0.1) is 5.92 Å².